The lowest BCUT2D eigenvalue weighted by molar-refractivity contribution is -0.131. The summed E-state index contributed by atoms with van der Waals surface area (Å²) in [6.07, 6.45) is 0.408. The van der Waals surface area contributed by atoms with E-state index in [1.807, 2.05) is 35.2 Å². The number of hydrogen-bond acceptors (Lipinski definition) is 4. The lowest BCUT2D eigenvalue weighted by atomic mass is 9.82. The Morgan fingerprint density at radius 3 is 3.00 bits per heavy atom. The summed E-state index contributed by atoms with van der Waals surface area (Å²) >= 11 is 0. The smallest absolute Gasteiger partial charge is 0.226 e. The van der Waals surface area contributed by atoms with E-state index >= 15 is 0 Å². The second-order valence-corrected chi connectivity index (χ2v) is 6.19. The Hall–Kier alpha value is -1.59. The van der Waals surface area contributed by atoms with Crippen molar-refractivity contribution < 1.29 is 19.0 Å². The molecular weight excluding hydrogens is 282 g/mol. The molecule has 0 spiro atoms. The van der Waals surface area contributed by atoms with Gasteiger partial charge in [0.1, 0.15) is 5.75 Å². The van der Waals surface area contributed by atoms with Gasteiger partial charge in [0, 0.05) is 31.5 Å². The highest BCUT2D eigenvalue weighted by Gasteiger charge is 2.51. The molecule has 0 aliphatic carbocycles. The SMILES string of the molecule is COC[C@@]12COC[C@@H]1CN(C(=O)CCOc1ccccc1)C2. The van der Waals surface area contributed by atoms with Crippen molar-refractivity contribution in [1.82, 2.24) is 4.90 Å². The first-order valence-electron chi connectivity index (χ1n) is 7.76. The molecule has 2 heterocycles. The number of likely N-dealkylation sites (tertiary alicyclic amines) is 1. The highest BCUT2D eigenvalue weighted by molar-refractivity contribution is 5.76. The Balaban J connectivity index is 1.49. The van der Waals surface area contributed by atoms with Gasteiger partial charge in [-0.3, -0.25) is 4.79 Å². The zero-order valence-electron chi connectivity index (χ0n) is 13.0. The molecule has 2 fully saturated rings. The maximum atomic E-state index is 12.4. The van der Waals surface area contributed by atoms with Crippen LogP contribution in [0.3, 0.4) is 0 Å². The molecule has 1 amide bonds. The van der Waals surface area contributed by atoms with Crippen LogP contribution in [0.2, 0.25) is 0 Å². The van der Waals surface area contributed by atoms with Crippen molar-refractivity contribution in [1.29, 1.82) is 0 Å². The van der Waals surface area contributed by atoms with Crippen molar-refractivity contribution in [3.63, 3.8) is 0 Å². The number of ether oxygens (including phenoxy) is 3. The van der Waals surface area contributed by atoms with Crippen LogP contribution in [0.25, 0.3) is 0 Å². The van der Waals surface area contributed by atoms with Crippen LogP contribution in [0.1, 0.15) is 6.42 Å². The van der Waals surface area contributed by atoms with Crippen LogP contribution in [0.15, 0.2) is 30.3 Å². The van der Waals surface area contributed by atoms with Gasteiger partial charge in [-0.1, -0.05) is 18.2 Å². The van der Waals surface area contributed by atoms with Crippen LogP contribution in [-0.2, 0) is 14.3 Å². The quantitative estimate of drug-likeness (QED) is 0.800. The van der Waals surface area contributed by atoms with Gasteiger partial charge < -0.3 is 19.1 Å². The summed E-state index contributed by atoms with van der Waals surface area (Å²) < 4.78 is 16.6. The topological polar surface area (TPSA) is 48.0 Å². The van der Waals surface area contributed by atoms with Crippen LogP contribution >= 0.6 is 0 Å². The molecule has 0 N–H and O–H groups in total. The van der Waals surface area contributed by atoms with Crippen molar-refractivity contribution >= 4 is 5.91 Å². The van der Waals surface area contributed by atoms with E-state index in [4.69, 9.17) is 14.2 Å². The summed E-state index contributed by atoms with van der Waals surface area (Å²) in [4.78, 5) is 14.3. The number of nitrogens with zero attached hydrogens (tertiary/aromatic N) is 1. The number of methoxy groups -OCH3 is 1. The minimum atomic E-state index is -0.00923. The normalized spacial score (nSPS) is 27.0. The molecule has 0 radical (unpaired) electrons. The van der Waals surface area contributed by atoms with Gasteiger partial charge in [-0.2, -0.15) is 0 Å². The second kappa shape index (κ2) is 6.67. The zero-order valence-corrected chi connectivity index (χ0v) is 13.0. The number of benzene rings is 1. The Labute approximate surface area is 131 Å². The first kappa shape index (κ1) is 15.3. The van der Waals surface area contributed by atoms with E-state index in [-0.39, 0.29) is 11.3 Å². The standard InChI is InChI=1S/C17H23NO4/c1-20-12-17-11-18(9-14(17)10-21-13-17)16(19)7-8-22-15-5-3-2-4-6-15/h2-6,14H,7-13H2,1H3/t14-,17-/m0/s1. The van der Waals surface area contributed by atoms with Crippen molar-refractivity contribution in [2.75, 3.05) is 46.6 Å². The molecule has 120 valence electrons. The third-order valence-electron chi connectivity index (χ3n) is 4.63. The lowest BCUT2D eigenvalue weighted by Gasteiger charge is -2.26. The highest BCUT2D eigenvalue weighted by Crippen LogP contribution is 2.41. The molecule has 1 aromatic carbocycles. The van der Waals surface area contributed by atoms with Crippen LogP contribution < -0.4 is 4.74 Å². The first-order chi connectivity index (χ1) is 10.7. The van der Waals surface area contributed by atoms with Crippen molar-refractivity contribution in [3.05, 3.63) is 30.3 Å². The molecule has 2 aliphatic rings. The second-order valence-electron chi connectivity index (χ2n) is 6.19. The molecule has 22 heavy (non-hydrogen) atoms. The lowest BCUT2D eigenvalue weighted by Crippen LogP contribution is -2.37. The molecule has 5 nitrogen and oxygen atoms in total. The molecule has 2 saturated heterocycles. The van der Waals surface area contributed by atoms with E-state index in [2.05, 4.69) is 0 Å². The van der Waals surface area contributed by atoms with Gasteiger partial charge in [-0.25, -0.2) is 0 Å². The van der Waals surface area contributed by atoms with E-state index in [0.29, 0.717) is 32.2 Å². The van der Waals surface area contributed by atoms with Crippen molar-refractivity contribution in [2.45, 2.75) is 6.42 Å². The third-order valence-corrected chi connectivity index (χ3v) is 4.63. The Morgan fingerprint density at radius 2 is 2.23 bits per heavy atom. The molecule has 0 bridgehead atoms. The number of hydrogen-bond donors (Lipinski definition) is 0. The number of fused-ring (bicyclic) bond motifs is 1. The van der Waals surface area contributed by atoms with Crippen LogP contribution in [-0.4, -0.2) is 57.4 Å². The van der Waals surface area contributed by atoms with E-state index in [9.17, 15) is 4.79 Å². The van der Waals surface area contributed by atoms with E-state index < -0.39 is 0 Å². The van der Waals surface area contributed by atoms with Crippen molar-refractivity contribution in [2.24, 2.45) is 11.3 Å². The molecule has 2 atom stereocenters. The monoisotopic (exact) mass is 305 g/mol. The molecule has 5 heteroatoms. The summed E-state index contributed by atoms with van der Waals surface area (Å²) in [5.74, 6) is 1.35. The van der Waals surface area contributed by atoms with E-state index in [1.54, 1.807) is 7.11 Å². The number of carbonyl (C=O) groups is 1. The van der Waals surface area contributed by atoms with Crippen LogP contribution in [0.4, 0.5) is 0 Å². The number of amides is 1. The zero-order chi connectivity index (χ0) is 15.4. The maximum Gasteiger partial charge on any atom is 0.226 e. The Bertz CT molecular complexity index is 507. The number of para-hydroxylation sites is 1. The summed E-state index contributed by atoms with van der Waals surface area (Å²) in [5.41, 5.74) is -0.00923. The fourth-order valence-electron chi connectivity index (χ4n) is 3.44. The maximum absolute atomic E-state index is 12.4. The molecule has 0 saturated carbocycles. The molecule has 0 unspecified atom stereocenters. The fourth-order valence-corrected chi connectivity index (χ4v) is 3.44. The highest BCUT2D eigenvalue weighted by atomic mass is 16.5. The average molecular weight is 305 g/mol. The number of rotatable bonds is 6. The van der Waals surface area contributed by atoms with Gasteiger partial charge in [0.2, 0.25) is 5.91 Å². The Kier molecular flexibility index (Phi) is 4.64. The fraction of sp³-hybridized carbons (Fsp3) is 0.588. The summed E-state index contributed by atoms with van der Waals surface area (Å²) in [5, 5.41) is 0. The summed E-state index contributed by atoms with van der Waals surface area (Å²) in [6.45, 7) is 3.99. The molecule has 3 rings (SSSR count). The van der Waals surface area contributed by atoms with E-state index in [1.165, 1.54) is 0 Å². The van der Waals surface area contributed by atoms with E-state index in [0.717, 1.165) is 25.4 Å². The third kappa shape index (κ3) is 3.10. The van der Waals surface area contributed by atoms with Crippen molar-refractivity contribution in [3.8, 4) is 5.75 Å². The summed E-state index contributed by atoms with van der Waals surface area (Å²) in [7, 11) is 1.71. The predicted molar refractivity (Wildman–Crippen MR) is 81.8 cm³/mol. The summed E-state index contributed by atoms with van der Waals surface area (Å²) in [6, 6.07) is 9.59. The van der Waals surface area contributed by atoms with Gasteiger partial charge in [0.15, 0.2) is 0 Å². The largest absolute Gasteiger partial charge is 0.493 e. The van der Waals surface area contributed by atoms with Gasteiger partial charge in [0.25, 0.3) is 0 Å². The predicted octanol–water partition coefficient (Wildman–Crippen LogP) is 1.58. The molecular formula is C17H23NO4. The average Bonchev–Trinajstić information content (AvgIpc) is 3.05. The van der Waals surface area contributed by atoms with Gasteiger partial charge in [0.05, 0.1) is 32.8 Å². The minimum Gasteiger partial charge on any atom is -0.493 e. The van der Waals surface area contributed by atoms with Gasteiger partial charge in [-0.15, -0.1) is 0 Å². The molecule has 2 aliphatic heterocycles. The van der Waals surface area contributed by atoms with Gasteiger partial charge in [-0.05, 0) is 12.1 Å². The Morgan fingerprint density at radius 1 is 1.41 bits per heavy atom. The minimum absolute atomic E-state index is 0.00923. The molecule has 0 aromatic heterocycles. The first-order valence-corrected chi connectivity index (χ1v) is 7.76. The van der Waals surface area contributed by atoms with Gasteiger partial charge >= 0.3 is 0 Å². The number of carbonyl (C=O) groups excluding carboxylic acids is 1. The molecule has 1 aromatic rings. The van der Waals surface area contributed by atoms with Crippen LogP contribution in [0.5, 0.6) is 5.75 Å². The van der Waals surface area contributed by atoms with Crippen LogP contribution in [0, 0.1) is 11.3 Å².